The molecule has 116 valence electrons. The molecule has 0 spiro atoms. The first-order valence-corrected chi connectivity index (χ1v) is 7.60. The van der Waals surface area contributed by atoms with E-state index in [1.807, 2.05) is 20.8 Å². The van der Waals surface area contributed by atoms with E-state index >= 15 is 0 Å². The van der Waals surface area contributed by atoms with Crippen LogP contribution in [-0.4, -0.2) is 18.9 Å². The third-order valence-electron chi connectivity index (χ3n) is 4.02. The largest absolute Gasteiger partial charge is 0.369 e. The maximum Gasteiger partial charge on any atom is 0.224 e. The summed E-state index contributed by atoms with van der Waals surface area (Å²) in [5, 5.41) is 2.66. The second kappa shape index (κ2) is 8.77. The van der Waals surface area contributed by atoms with E-state index in [1.54, 1.807) is 7.05 Å². The lowest BCUT2D eigenvalue weighted by Gasteiger charge is -2.40. The molecule has 0 radical (unpaired) electrons. The van der Waals surface area contributed by atoms with Crippen molar-refractivity contribution in [2.75, 3.05) is 7.05 Å². The van der Waals surface area contributed by atoms with Crippen LogP contribution in [0.2, 0.25) is 0 Å². The number of carbonyl (C=O) groups is 2. The third kappa shape index (κ3) is 4.36. The number of hydrogen-bond acceptors (Lipinski definition) is 2. The molecule has 1 atom stereocenters. The lowest BCUT2D eigenvalue weighted by atomic mass is 9.63. The minimum absolute atomic E-state index is 0.0984. The van der Waals surface area contributed by atoms with Crippen molar-refractivity contribution in [2.45, 2.75) is 59.3 Å². The Bertz CT molecular complexity index is 344. The zero-order valence-corrected chi connectivity index (χ0v) is 13.4. The third-order valence-corrected chi connectivity index (χ3v) is 4.02. The summed E-state index contributed by atoms with van der Waals surface area (Å²) < 4.78 is 0. The summed E-state index contributed by atoms with van der Waals surface area (Å²) in [5.74, 6) is -0.812. The van der Waals surface area contributed by atoms with Crippen LogP contribution in [0.25, 0.3) is 0 Å². The molecule has 0 aromatic heterocycles. The van der Waals surface area contributed by atoms with Crippen molar-refractivity contribution in [3.05, 3.63) is 12.2 Å². The van der Waals surface area contributed by atoms with Gasteiger partial charge >= 0.3 is 0 Å². The second-order valence-corrected chi connectivity index (χ2v) is 5.41. The van der Waals surface area contributed by atoms with Gasteiger partial charge in [0.1, 0.15) is 0 Å². The van der Waals surface area contributed by atoms with E-state index in [0.29, 0.717) is 19.3 Å². The zero-order valence-electron chi connectivity index (χ0n) is 13.4. The fourth-order valence-corrected chi connectivity index (χ4v) is 3.01. The van der Waals surface area contributed by atoms with Crippen molar-refractivity contribution in [3.63, 3.8) is 0 Å². The van der Waals surface area contributed by atoms with Crippen LogP contribution in [0.15, 0.2) is 12.2 Å². The molecule has 1 aliphatic rings. The molecule has 2 amide bonds. The number of amides is 2. The smallest absolute Gasteiger partial charge is 0.224 e. The van der Waals surface area contributed by atoms with Gasteiger partial charge < -0.3 is 11.1 Å². The molecule has 4 heteroatoms. The number of carbonyl (C=O) groups excluding carboxylic acids is 2. The molecule has 0 aromatic rings. The molecule has 20 heavy (non-hydrogen) atoms. The van der Waals surface area contributed by atoms with Gasteiger partial charge in [0.25, 0.3) is 0 Å². The molecule has 3 N–H and O–H groups in total. The summed E-state index contributed by atoms with van der Waals surface area (Å²) in [6.45, 7) is 9.75. The van der Waals surface area contributed by atoms with E-state index < -0.39 is 5.41 Å². The normalized spacial score (nSPS) is 18.2. The number of nitrogens with two attached hydrogens (primary N) is 1. The van der Waals surface area contributed by atoms with Gasteiger partial charge in [0.05, 0.1) is 11.3 Å². The highest BCUT2D eigenvalue weighted by Gasteiger charge is 2.47. The van der Waals surface area contributed by atoms with Gasteiger partial charge in [-0.15, -0.1) is 6.58 Å². The Morgan fingerprint density at radius 3 is 2.10 bits per heavy atom. The summed E-state index contributed by atoms with van der Waals surface area (Å²) >= 11 is 0. The van der Waals surface area contributed by atoms with Crippen LogP contribution >= 0.6 is 0 Å². The Morgan fingerprint density at radius 1 is 1.25 bits per heavy atom. The van der Waals surface area contributed by atoms with Gasteiger partial charge in [-0.2, -0.15) is 0 Å². The van der Waals surface area contributed by atoms with Gasteiger partial charge in [-0.3, -0.25) is 9.59 Å². The average Bonchev–Trinajstić information content (AvgIpc) is 2.46. The summed E-state index contributed by atoms with van der Waals surface area (Å²) in [7, 11) is 1.60. The van der Waals surface area contributed by atoms with Gasteiger partial charge in [0, 0.05) is 7.05 Å². The molecule has 1 rings (SSSR count). The van der Waals surface area contributed by atoms with Gasteiger partial charge in [-0.25, -0.2) is 0 Å². The van der Waals surface area contributed by atoms with Gasteiger partial charge in [-0.05, 0) is 26.2 Å². The predicted octanol–water partition coefficient (Wildman–Crippen LogP) is 2.78. The van der Waals surface area contributed by atoms with E-state index in [9.17, 15) is 9.59 Å². The topological polar surface area (TPSA) is 72.2 Å². The molecule has 0 aromatic carbocycles. The van der Waals surface area contributed by atoms with Gasteiger partial charge in [0.15, 0.2) is 0 Å². The Balaban J connectivity index is 0.00000172. The molecular formula is C16H30N2O2. The minimum atomic E-state index is -0.683. The zero-order chi connectivity index (χ0) is 15.8. The van der Waals surface area contributed by atoms with Crippen LogP contribution in [0.3, 0.4) is 0 Å². The quantitative estimate of drug-likeness (QED) is 0.761. The maximum absolute atomic E-state index is 12.1. The van der Waals surface area contributed by atoms with Gasteiger partial charge in [0.2, 0.25) is 11.8 Å². The number of nitrogens with one attached hydrogen (secondary N) is 1. The number of allylic oxidation sites excluding steroid dienone is 1. The van der Waals surface area contributed by atoms with Crippen LogP contribution in [-0.2, 0) is 9.59 Å². The van der Waals surface area contributed by atoms with Crippen LogP contribution in [0.4, 0.5) is 0 Å². The molecule has 0 heterocycles. The second-order valence-electron chi connectivity index (χ2n) is 5.41. The van der Waals surface area contributed by atoms with Crippen molar-refractivity contribution in [2.24, 2.45) is 17.1 Å². The van der Waals surface area contributed by atoms with Crippen LogP contribution in [0.5, 0.6) is 0 Å². The van der Waals surface area contributed by atoms with E-state index in [0.717, 1.165) is 24.8 Å². The van der Waals surface area contributed by atoms with E-state index in [1.165, 1.54) is 0 Å². The number of rotatable bonds is 5. The lowest BCUT2D eigenvalue weighted by Crippen LogP contribution is -2.50. The molecule has 1 unspecified atom stereocenters. The summed E-state index contributed by atoms with van der Waals surface area (Å²) in [6, 6.07) is 0. The summed E-state index contributed by atoms with van der Waals surface area (Å²) in [5.41, 5.74) is 5.85. The highest BCUT2D eigenvalue weighted by Crippen LogP contribution is 2.44. The Labute approximate surface area is 123 Å². The molecule has 0 bridgehead atoms. The maximum atomic E-state index is 12.1. The molecule has 0 aliphatic heterocycles. The molecular weight excluding hydrogens is 252 g/mol. The Morgan fingerprint density at radius 2 is 1.75 bits per heavy atom. The Kier molecular flexibility index (Phi) is 8.19. The molecule has 1 aliphatic carbocycles. The first kappa shape index (κ1) is 18.7. The Hall–Kier alpha value is -1.32. The highest BCUT2D eigenvalue weighted by molar-refractivity contribution is 5.90. The molecule has 1 fully saturated rings. The first-order valence-electron chi connectivity index (χ1n) is 7.60. The monoisotopic (exact) mass is 282 g/mol. The fourth-order valence-electron chi connectivity index (χ4n) is 3.01. The fraction of sp³-hybridized carbons (Fsp3) is 0.750. The van der Waals surface area contributed by atoms with Crippen LogP contribution < -0.4 is 11.1 Å². The number of primary amides is 1. The molecule has 1 saturated carbocycles. The molecule has 0 saturated heterocycles. The SMILES string of the molecule is C=C(C)CC(C(=O)NC)C1(C(N)=O)CCCCC1.CC. The van der Waals surface area contributed by atoms with Crippen molar-refractivity contribution in [3.8, 4) is 0 Å². The minimum Gasteiger partial charge on any atom is -0.369 e. The average molecular weight is 282 g/mol. The van der Waals surface area contributed by atoms with Crippen molar-refractivity contribution >= 4 is 11.8 Å². The van der Waals surface area contributed by atoms with Gasteiger partial charge in [-0.1, -0.05) is 38.7 Å². The summed E-state index contributed by atoms with van der Waals surface area (Å²) in [6.07, 6.45) is 5.01. The van der Waals surface area contributed by atoms with Crippen LogP contribution in [0, 0.1) is 11.3 Å². The predicted molar refractivity (Wildman–Crippen MR) is 83.0 cm³/mol. The van der Waals surface area contributed by atoms with Crippen molar-refractivity contribution in [1.29, 1.82) is 0 Å². The van der Waals surface area contributed by atoms with Crippen molar-refractivity contribution in [1.82, 2.24) is 5.32 Å². The summed E-state index contributed by atoms with van der Waals surface area (Å²) in [4.78, 5) is 24.0. The first-order chi connectivity index (χ1) is 9.44. The van der Waals surface area contributed by atoms with E-state index in [4.69, 9.17) is 5.73 Å². The standard InChI is InChI=1S/C14H24N2O2.C2H6/c1-10(2)9-11(12(17)16-3)14(13(15)18)7-5-4-6-8-14;1-2/h11H,1,4-9H2,2-3H3,(H2,15,18)(H,16,17);1-2H3. The lowest BCUT2D eigenvalue weighted by molar-refractivity contribution is -0.142. The van der Waals surface area contributed by atoms with Crippen molar-refractivity contribution < 1.29 is 9.59 Å². The van der Waals surface area contributed by atoms with E-state index in [-0.39, 0.29) is 17.7 Å². The van der Waals surface area contributed by atoms with Crippen LogP contribution in [0.1, 0.15) is 59.3 Å². The highest BCUT2D eigenvalue weighted by atomic mass is 16.2. The molecule has 4 nitrogen and oxygen atoms in total. The van der Waals surface area contributed by atoms with E-state index in [2.05, 4.69) is 11.9 Å². The number of hydrogen-bond donors (Lipinski definition) is 2.